The van der Waals surface area contributed by atoms with Crippen LogP contribution in [0.4, 0.5) is 0 Å². The van der Waals surface area contributed by atoms with Crippen LogP contribution in [0.5, 0.6) is 0 Å². The van der Waals surface area contributed by atoms with Crippen molar-refractivity contribution in [1.29, 1.82) is 0 Å². The van der Waals surface area contributed by atoms with Gasteiger partial charge in [-0.25, -0.2) is 9.89 Å². The SMILES string of the molecule is Cn1c(CNC(N)=S)n[nH]c1=O. The predicted octanol–water partition coefficient (Wildman–Crippen LogP) is -1.56. The second kappa shape index (κ2) is 3.35. The summed E-state index contributed by atoms with van der Waals surface area (Å²) in [6, 6.07) is 0. The zero-order chi connectivity index (χ0) is 9.14. The fraction of sp³-hybridized carbons (Fsp3) is 0.400. The van der Waals surface area contributed by atoms with Gasteiger partial charge in [-0.1, -0.05) is 0 Å². The van der Waals surface area contributed by atoms with Gasteiger partial charge in [0.15, 0.2) is 10.9 Å². The third-order valence-corrected chi connectivity index (χ3v) is 1.54. The molecular formula is C5H9N5OS. The number of thiocarbonyl (C=S) groups is 1. The van der Waals surface area contributed by atoms with Crippen molar-refractivity contribution in [3.63, 3.8) is 0 Å². The summed E-state index contributed by atoms with van der Waals surface area (Å²) < 4.78 is 1.38. The van der Waals surface area contributed by atoms with E-state index < -0.39 is 0 Å². The molecule has 0 atom stereocenters. The van der Waals surface area contributed by atoms with Gasteiger partial charge >= 0.3 is 5.69 Å². The lowest BCUT2D eigenvalue weighted by atomic mass is 10.6. The van der Waals surface area contributed by atoms with E-state index in [1.54, 1.807) is 7.05 Å². The quantitative estimate of drug-likeness (QED) is 0.487. The van der Waals surface area contributed by atoms with Gasteiger partial charge in [0, 0.05) is 7.05 Å². The molecule has 7 heteroatoms. The van der Waals surface area contributed by atoms with Gasteiger partial charge in [0.2, 0.25) is 0 Å². The molecule has 0 saturated carbocycles. The van der Waals surface area contributed by atoms with Crippen LogP contribution in [0.3, 0.4) is 0 Å². The topological polar surface area (TPSA) is 88.7 Å². The van der Waals surface area contributed by atoms with Crippen molar-refractivity contribution in [3.05, 3.63) is 16.3 Å². The van der Waals surface area contributed by atoms with Crippen molar-refractivity contribution in [2.75, 3.05) is 0 Å². The first-order chi connectivity index (χ1) is 5.61. The lowest BCUT2D eigenvalue weighted by molar-refractivity contribution is 0.738. The molecule has 1 heterocycles. The lowest BCUT2D eigenvalue weighted by Gasteiger charge is -2.00. The first-order valence-corrected chi connectivity index (χ1v) is 3.65. The first kappa shape index (κ1) is 8.72. The van der Waals surface area contributed by atoms with E-state index in [1.165, 1.54) is 4.57 Å². The van der Waals surface area contributed by atoms with Crippen molar-refractivity contribution in [1.82, 2.24) is 20.1 Å². The van der Waals surface area contributed by atoms with Crippen LogP contribution in [-0.4, -0.2) is 19.9 Å². The van der Waals surface area contributed by atoms with Crippen LogP contribution < -0.4 is 16.7 Å². The van der Waals surface area contributed by atoms with E-state index in [0.717, 1.165) is 0 Å². The molecule has 0 aliphatic carbocycles. The number of aromatic nitrogens is 3. The third kappa shape index (κ3) is 1.82. The maximum Gasteiger partial charge on any atom is 0.343 e. The maximum atomic E-state index is 10.8. The lowest BCUT2D eigenvalue weighted by Crippen LogP contribution is -2.30. The highest BCUT2D eigenvalue weighted by molar-refractivity contribution is 7.80. The van der Waals surface area contributed by atoms with Gasteiger partial charge in [-0.15, -0.1) is 0 Å². The fourth-order valence-corrected chi connectivity index (χ4v) is 0.776. The van der Waals surface area contributed by atoms with Gasteiger partial charge in [0.05, 0.1) is 6.54 Å². The van der Waals surface area contributed by atoms with E-state index in [2.05, 4.69) is 27.7 Å². The molecule has 6 nitrogen and oxygen atoms in total. The predicted molar refractivity (Wildman–Crippen MR) is 47.5 cm³/mol. The molecule has 0 saturated heterocycles. The average molecular weight is 187 g/mol. The van der Waals surface area contributed by atoms with Crippen molar-refractivity contribution in [2.45, 2.75) is 6.54 Å². The van der Waals surface area contributed by atoms with Crippen molar-refractivity contribution >= 4 is 17.3 Å². The summed E-state index contributed by atoms with van der Waals surface area (Å²) >= 11 is 4.59. The first-order valence-electron chi connectivity index (χ1n) is 3.25. The van der Waals surface area contributed by atoms with Crippen LogP contribution in [0.1, 0.15) is 5.82 Å². The Morgan fingerprint density at radius 1 is 1.92 bits per heavy atom. The van der Waals surface area contributed by atoms with Gasteiger partial charge < -0.3 is 11.1 Å². The van der Waals surface area contributed by atoms with Gasteiger partial charge in [0.1, 0.15) is 0 Å². The van der Waals surface area contributed by atoms with E-state index in [0.29, 0.717) is 12.4 Å². The van der Waals surface area contributed by atoms with E-state index in [1.807, 2.05) is 0 Å². The summed E-state index contributed by atoms with van der Waals surface area (Å²) in [4.78, 5) is 10.8. The molecule has 12 heavy (non-hydrogen) atoms. The Bertz CT molecular complexity index is 340. The number of hydrogen-bond acceptors (Lipinski definition) is 3. The van der Waals surface area contributed by atoms with Crippen molar-refractivity contribution in [3.8, 4) is 0 Å². The monoisotopic (exact) mass is 187 g/mol. The Labute approximate surface area is 73.8 Å². The minimum atomic E-state index is -0.255. The Balaban J connectivity index is 2.70. The number of nitrogens with one attached hydrogen (secondary N) is 2. The highest BCUT2D eigenvalue weighted by Gasteiger charge is 2.02. The Kier molecular flexibility index (Phi) is 2.44. The fourth-order valence-electron chi connectivity index (χ4n) is 0.704. The molecule has 1 aromatic heterocycles. The Morgan fingerprint density at radius 2 is 2.58 bits per heavy atom. The molecule has 0 fully saturated rings. The summed E-state index contributed by atoms with van der Waals surface area (Å²) in [5.41, 5.74) is 4.94. The molecule has 0 spiro atoms. The van der Waals surface area contributed by atoms with Crippen molar-refractivity contribution in [2.24, 2.45) is 12.8 Å². The smallest absolute Gasteiger partial charge is 0.343 e. The number of hydrogen-bond donors (Lipinski definition) is 3. The summed E-state index contributed by atoms with van der Waals surface area (Å²) in [5, 5.41) is 8.90. The number of nitrogens with two attached hydrogens (primary N) is 1. The van der Waals surface area contributed by atoms with Gasteiger partial charge in [-0.2, -0.15) is 5.10 Å². The summed E-state index contributed by atoms with van der Waals surface area (Å²) in [6.07, 6.45) is 0. The van der Waals surface area contributed by atoms with Crippen LogP contribution in [0.25, 0.3) is 0 Å². The van der Waals surface area contributed by atoms with E-state index >= 15 is 0 Å². The molecule has 0 amide bonds. The number of aromatic amines is 1. The molecule has 0 aliphatic rings. The molecule has 0 bridgehead atoms. The zero-order valence-electron chi connectivity index (χ0n) is 6.50. The van der Waals surface area contributed by atoms with Gasteiger partial charge in [0.25, 0.3) is 0 Å². The van der Waals surface area contributed by atoms with E-state index in [9.17, 15) is 4.79 Å². The molecule has 0 radical (unpaired) electrons. The molecule has 0 aromatic carbocycles. The molecule has 1 aromatic rings. The Hall–Kier alpha value is -1.37. The molecule has 0 aliphatic heterocycles. The number of nitrogens with zero attached hydrogens (tertiary/aromatic N) is 2. The van der Waals surface area contributed by atoms with Crippen molar-refractivity contribution < 1.29 is 0 Å². The number of H-pyrrole nitrogens is 1. The minimum Gasteiger partial charge on any atom is -0.376 e. The van der Waals surface area contributed by atoms with Crippen LogP contribution in [0.15, 0.2) is 4.79 Å². The van der Waals surface area contributed by atoms with Crippen LogP contribution in [0.2, 0.25) is 0 Å². The molecular weight excluding hydrogens is 178 g/mol. The Morgan fingerprint density at radius 3 is 3.00 bits per heavy atom. The standard InChI is InChI=1S/C5H9N5OS/c1-10-3(2-7-4(6)12)8-9-5(10)11/h2H2,1H3,(H,9,11)(H3,6,7,12). The minimum absolute atomic E-state index is 0.186. The highest BCUT2D eigenvalue weighted by atomic mass is 32.1. The maximum absolute atomic E-state index is 10.8. The molecule has 66 valence electrons. The van der Waals surface area contributed by atoms with E-state index in [4.69, 9.17) is 5.73 Å². The molecule has 4 N–H and O–H groups in total. The van der Waals surface area contributed by atoms with Crippen LogP contribution in [-0.2, 0) is 13.6 Å². The third-order valence-electron chi connectivity index (χ3n) is 1.39. The van der Waals surface area contributed by atoms with Crippen LogP contribution in [0, 0.1) is 0 Å². The summed E-state index contributed by atoms with van der Waals surface area (Å²) in [5.74, 6) is 0.563. The van der Waals surface area contributed by atoms with Gasteiger partial charge in [-0.05, 0) is 12.2 Å². The summed E-state index contributed by atoms with van der Waals surface area (Å²) in [7, 11) is 1.61. The largest absolute Gasteiger partial charge is 0.376 e. The average Bonchev–Trinajstić information content (AvgIpc) is 2.30. The van der Waals surface area contributed by atoms with E-state index in [-0.39, 0.29) is 10.8 Å². The second-order valence-electron chi connectivity index (χ2n) is 2.22. The number of rotatable bonds is 2. The zero-order valence-corrected chi connectivity index (χ0v) is 7.31. The molecule has 1 rings (SSSR count). The van der Waals surface area contributed by atoms with Crippen LogP contribution >= 0.6 is 12.2 Å². The van der Waals surface area contributed by atoms with Gasteiger partial charge in [-0.3, -0.25) is 4.57 Å². The highest BCUT2D eigenvalue weighted by Crippen LogP contribution is 1.84. The normalized spacial score (nSPS) is 9.75. The second-order valence-corrected chi connectivity index (χ2v) is 2.66. The molecule has 0 unspecified atom stereocenters. The summed E-state index contributed by atoms with van der Waals surface area (Å²) in [6.45, 7) is 0.352.